The number of nitrogens with one attached hydrogen (secondary N) is 2. The molecule has 0 saturated carbocycles. The summed E-state index contributed by atoms with van der Waals surface area (Å²) in [4.78, 5) is 37.9. The molecule has 1 amide bonds. The molecule has 4 aromatic rings. The van der Waals surface area contributed by atoms with Crippen LogP contribution in [0.25, 0.3) is 11.1 Å². The molecule has 2 aromatic heterocycles. The Kier molecular flexibility index (Phi) is 11.7. The van der Waals surface area contributed by atoms with E-state index in [-0.39, 0.29) is 40.1 Å². The van der Waals surface area contributed by atoms with Crippen molar-refractivity contribution in [3.8, 4) is 16.9 Å². The Morgan fingerprint density at radius 1 is 0.981 bits per heavy atom. The SMILES string of the molecule is NC(N)=NCCC[C@H](NC(=O)c1sccc1NS(=O)(=O)c1cc(-c2cccc(CN3CCN(Cc4ccncc4)CC3)c2)cc2c1OCC2)C(=O)O. The molecule has 0 aliphatic carbocycles. The second kappa shape index (κ2) is 16.5. The third kappa shape index (κ3) is 9.25. The fourth-order valence-corrected chi connectivity index (χ4v) is 8.45. The molecule has 2 aromatic carbocycles. The van der Waals surface area contributed by atoms with Crippen LogP contribution in [0.4, 0.5) is 5.69 Å². The van der Waals surface area contributed by atoms with Crippen molar-refractivity contribution in [1.29, 1.82) is 0 Å². The Bertz CT molecular complexity index is 2030. The number of guanidine groups is 1. The number of anilines is 1. The Morgan fingerprint density at radius 3 is 2.42 bits per heavy atom. The maximum absolute atomic E-state index is 14.0. The topological polar surface area (TPSA) is 206 Å². The number of aromatic nitrogens is 1. The number of carboxylic acid groups (broad SMARTS) is 1. The number of nitrogens with zero attached hydrogens (tertiary/aromatic N) is 4. The highest BCUT2D eigenvalue weighted by Crippen LogP contribution is 2.39. The van der Waals surface area contributed by atoms with E-state index in [2.05, 4.69) is 54.1 Å². The molecule has 2 aliphatic heterocycles. The lowest BCUT2D eigenvalue weighted by Crippen LogP contribution is -2.45. The quantitative estimate of drug-likeness (QED) is 0.0679. The van der Waals surface area contributed by atoms with Crippen molar-refractivity contribution in [2.24, 2.45) is 16.5 Å². The van der Waals surface area contributed by atoms with E-state index in [1.807, 2.05) is 30.6 Å². The van der Waals surface area contributed by atoms with Crippen molar-refractivity contribution in [1.82, 2.24) is 20.1 Å². The summed E-state index contributed by atoms with van der Waals surface area (Å²) in [6.45, 7) is 6.05. The highest BCUT2D eigenvalue weighted by molar-refractivity contribution is 7.92. The van der Waals surface area contributed by atoms with Gasteiger partial charge in [0.2, 0.25) is 0 Å². The number of carbonyl (C=O) groups excluding carboxylic acids is 1. The zero-order valence-corrected chi connectivity index (χ0v) is 30.2. The van der Waals surface area contributed by atoms with Crippen LogP contribution in [-0.2, 0) is 34.3 Å². The first-order valence-electron chi connectivity index (χ1n) is 17.0. The number of sulfonamides is 1. The van der Waals surface area contributed by atoms with E-state index in [9.17, 15) is 23.1 Å². The van der Waals surface area contributed by atoms with Crippen LogP contribution in [0.3, 0.4) is 0 Å². The number of hydrogen-bond donors (Lipinski definition) is 5. The van der Waals surface area contributed by atoms with E-state index < -0.39 is 27.9 Å². The predicted octanol–water partition coefficient (Wildman–Crippen LogP) is 3.10. The number of aliphatic carboxylic acids is 1. The number of amides is 1. The van der Waals surface area contributed by atoms with E-state index in [0.717, 1.165) is 72.9 Å². The summed E-state index contributed by atoms with van der Waals surface area (Å²) < 4.78 is 36.4. The van der Waals surface area contributed by atoms with Gasteiger partial charge in [-0.25, -0.2) is 13.2 Å². The van der Waals surface area contributed by atoms with Gasteiger partial charge in [0.25, 0.3) is 15.9 Å². The number of pyridine rings is 1. The zero-order valence-electron chi connectivity index (χ0n) is 28.5. The van der Waals surface area contributed by atoms with Gasteiger partial charge in [-0.3, -0.25) is 29.3 Å². The third-order valence-corrected chi connectivity index (χ3v) is 11.3. The molecule has 0 radical (unpaired) electrons. The molecule has 0 bridgehead atoms. The molecular weight excluding hydrogens is 705 g/mol. The number of fused-ring (bicyclic) bond motifs is 1. The van der Waals surface area contributed by atoms with Crippen LogP contribution >= 0.6 is 11.3 Å². The molecule has 6 rings (SSSR count). The third-order valence-electron chi connectivity index (χ3n) is 8.99. The Balaban J connectivity index is 1.15. The molecule has 4 heterocycles. The maximum atomic E-state index is 14.0. The van der Waals surface area contributed by atoms with E-state index in [1.54, 1.807) is 11.4 Å². The molecule has 7 N–H and O–H groups in total. The van der Waals surface area contributed by atoms with E-state index in [0.29, 0.717) is 19.4 Å². The van der Waals surface area contributed by atoms with Crippen molar-refractivity contribution < 1.29 is 27.9 Å². The van der Waals surface area contributed by atoms with Crippen molar-refractivity contribution in [2.45, 2.75) is 43.3 Å². The van der Waals surface area contributed by atoms with Crippen molar-refractivity contribution in [3.63, 3.8) is 0 Å². The van der Waals surface area contributed by atoms with Gasteiger partial charge < -0.3 is 26.6 Å². The number of carboxylic acids is 1. The Morgan fingerprint density at radius 2 is 1.71 bits per heavy atom. The van der Waals surface area contributed by atoms with Crippen LogP contribution in [0.2, 0.25) is 0 Å². The fourth-order valence-electron chi connectivity index (χ4n) is 6.35. The van der Waals surface area contributed by atoms with Gasteiger partial charge in [0.15, 0.2) is 5.96 Å². The summed E-state index contributed by atoms with van der Waals surface area (Å²) in [7, 11) is -4.25. The average Bonchev–Trinajstić information content (AvgIpc) is 3.80. The Hall–Kier alpha value is -5.03. The van der Waals surface area contributed by atoms with Crippen molar-refractivity contribution >= 4 is 44.9 Å². The molecule has 1 saturated heterocycles. The molecule has 1 fully saturated rings. The molecule has 274 valence electrons. The van der Waals surface area contributed by atoms with Gasteiger partial charge in [-0.05, 0) is 82.4 Å². The highest BCUT2D eigenvalue weighted by atomic mass is 32.2. The minimum atomic E-state index is -4.25. The smallest absolute Gasteiger partial charge is 0.326 e. The minimum absolute atomic E-state index is 0.0265. The van der Waals surface area contributed by atoms with Crippen LogP contribution in [0, 0.1) is 0 Å². The van der Waals surface area contributed by atoms with Crippen LogP contribution in [0.1, 0.15) is 39.2 Å². The second-order valence-corrected chi connectivity index (χ2v) is 15.3. The first-order chi connectivity index (χ1) is 25.1. The number of carbonyl (C=O) groups is 2. The van der Waals surface area contributed by atoms with E-state index in [1.165, 1.54) is 11.6 Å². The summed E-state index contributed by atoms with van der Waals surface area (Å²) in [5.74, 6) is -1.78. The van der Waals surface area contributed by atoms with E-state index >= 15 is 0 Å². The first kappa shape index (κ1) is 36.8. The number of rotatable bonds is 15. The summed E-state index contributed by atoms with van der Waals surface area (Å²) in [5.41, 5.74) is 15.5. The van der Waals surface area contributed by atoms with Gasteiger partial charge in [-0.2, -0.15) is 0 Å². The van der Waals surface area contributed by atoms with Crippen LogP contribution in [0.15, 0.2) is 82.3 Å². The largest absolute Gasteiger partial charge is 0.492 e. The first-order valence-corrected chi connectivity index (χ1v) is 19.3. The lowest BCUT2D eigenvalue weighted by molar-refractivity contribution is -0.139. The predicted molar refractivity (Wildman–Crippen MR) is 200 cm³/mol. The van der Waals surface area contributed by atoms with Crippen molar-refractivity contribution in [3.05, 3.63) is 93.9 Å². The molecule has 16 heteroatoms. The molecule has 1 atom stereocenters. The van der Waals surface area contributed by atoms with Crippen molar-refractivity contribution in [2.75, 3.05) is 44.1 Å². The number of aliphatic imine (C=N–C) groups is 1. The average molecular weight is 747 g/mol. The van der Waals surface area contributed by atoms with Gasteiger partial charge in [0, 0.05) is 64.6 Å². The summed E-state index contributed by atoms with van der Waals surface area (Å²) >= 11 is 0.994. The number of ether oxygens (including phenoxy) is 1. The Labute approximate surface area is 306 Å². The molecule has 14 nitrogen and oxygen atoms in total. The molecule has 52 heavy (non-hydrogen) atoms. The fraction of sp³-hybridized carbons (Fsp3) is 0.333. The maximum Gasteiger partial charge on any atom is 0.326 e. The molecule has 0 unspecified atom stereocenters. The standard InChI is InChI=1S/C36H42N8O6S2/c37-36(38)40-10-2-5-30(35(46)47)41-34(45)33-29(9-18-51-33)42-52(48,49)31-21-28(20-27-8-17-50-32(27)31)26-4-1-3-25(19-26)23-44-15-13-43(14-16-44)22-24-6-11-39-12-7-24/h1,3-4,6-7,9,11-12,18-21,30,42H,2,5,8,10,13-17,22-23H2,(H,41,45)(H,46,47)(H4,37,38,40)/t30-/m0/s1. The van der Waals surface area contributed by atoms with Crippen LogP contribution < -0.4 is 26.2 Å². The minimum Gasteiger partial charge on any atom is -0.492 e. The zero-order chi connectivity index (χ0) is 36.7. The number of hydrogen-bond acceptors (Lipinski definition) is 10. The van der Waals surface area contributed by atoms with Gasteiger partial charge in [0.1, 0.15) is 21.6 Å². The van der Waals surface area contributed by atoms with Gasteiger partial charge >= 0.3 is 5.97 Å². The monoisotopic (exact) mass is 746 g/mol. The van der Waals surface area contributed by atoms with Crippen LogP contribution in [0.5, 0.6) is 5.75 Å². The number of thiophene rings is 1. The number of piperazine rings is 1. The van der Waals surface area contributed by atoms with Gasteiger partial charge in [-0.15, -0.1) is 11.3 Å². The van der Waals surface area contributed by atoms with E-state index in [4.69, 9.17) is 16.2 Å². The summed E-state index contributed by atoms with van der Waals surface area (Å²) in [6, 6.07) is 16.1. The summed E-state index contributed by atoms with van der Waals surface area (Å²) in [5, 5.41) is 13.7. The normalized spacial score (nSPS) is 15.3. The lowest BCUT2D eigenvalue weighted by Gasteiger charge is -2.34. The van der Waals surface area contributed by atoms with Gasteiger partial charge in [-0.1, -0.05) is 18.2 Å². The molecular formula is C36H42N8O6S2. The lowest BCUT2D eigenvalue weighted by atomic mass is 10.00. The second-order valence-electron chi connectivity index (χ2n) is 12.8. The van der Waals surface area contributed by atoms with Gasteiger partial charge in [0.05, 0.1) is 12.3 Å². The molecule has 0 spiro atoms. The highest BCUT2D eigenvalue weighted by Gasteiger charge is 2.30. The molecule has 2 aliphatic rings. The number of benzene rings is 2. The summed E-state index contributed by atoms with van der Waals surface area (Å²) in [6.07, 6.45) is 4.59. The van der Waals surface area contributed by atoms with Crippen LogP contribution in [-0.4, -0.2) is 91.5 Å². The number of nitrogens with two attached hydrogens (primary N) is 2.